The highest BCUT2D eigenvalue weighted by Gasteiger charge is 2.30. The highest BCUT2D eigenvalue weighted by atomic mass is 19.1. The van der Waals surface area contributed by atoms with Crippen LogP contribution >= 0.6 is 0 Å². The summed E-state index contributed by atoms with van der Waals surface area (Å²) < 4.78 is 27.5. The van der Waals surface area contributed by atoms with Gasteiger partial charge in [-0.15, -0.1) is 0 Å². The van der Waals surface area contributed by atoms with Gasteiger partial charge in [0.25, 0.3) is 0 Å². The van der Waals surface area contributed by atoms with Gasteiger partial charge in [-0.3, -0.25) is 0 Å². The number of rotatable bonds is 2. The lowest BCUT2D eigenvalue weighted by Crippen LogP contribution is -2.58. The molecule has 0 radical (unpaired) electrons. The van der Waals surface area contributed by atoms with E-state index in [-0.39, 0.29) is 17.2 Å². The second-order valence-corrected chi connectivity index (χ2v) is 5.32. The van der Waals surface area contributed by atoms with Crippen LogP contribution in [0.25, 0.3) is 0 Å². The Morgan fingerprint density at radius 1 is 1.33 bits per heavy atom. The molecule has 1 aliphatic heterocycles. The first-order valence-corrected chi connectivity index (χ1v) is 6.41. The Labute approximate surface area is 107 Å². The van der Waals surface area contributed by atoms with Gasteiger partial charge in [0.15, 0.2) is 0 Å². The molecule has 1 aromatic rings. The molecule has 2 rings (SSSR count). The molecule has 0 aromatic heterocycles. The first-order valence-electron chi connectivity index (χ1n) is 6.41. The van der Waals surface area contributed by atoms with E-state index in [1.54, 1.807) is 6.92 Å². The van der Waals surface area contributed by atoms with E-state index in [9.17, 15) is 8.78 Å². The maximum atomic E-state index is 13.9. The number of benzene rings is 1. The lowest BCUT2D eigenvalue weighted by molar-refractivity contribution is 0.312. The summed E-state index contributed by atoms with van der Waals surface area (Å²) in [5, 5.41) is 3.43. The number of hydrogen-bond donors (Lipinski definition) is 1. The van der Waals surface area contributed by atoms with Gasteiger partial charge in [0.2, 0.25) is 0 Å². The smallest absolute Gasteiger partial charge is 0.146 e. The summed E-state index contributed by atoms with van der Waals surface area (Å²) in [5.74, 6) is -0.683. The largest absolute Gasteiger partial charge is 0.366 e. The van der Waals surface area contributed by atoms with Crippen LogP contribution in [0.3, 0.4) is 0 Å². The topological polar surface area (TPSA) is 15.3 Å². The van der Waals surface area contributed by atoms with Crippen LogP contribution < -0.4 is 10.2 Å². The molecule has 1 fully saturated rings. The maximum absolute atomic E-state index is 13.9. The molecular formula is C14H20F2N2. The Morgan fingerprint density at radius 2 is 2.06 bits per heavy atom. The first kappa shape index (κ1) is 13.3. The molecule has 2 nitrogen and oxygen atoms in total. The summed E-state index contributed by atoms with van der Waals surface area (Å²) in [7, 11) is 0. The van der Waals surface area contributed by atoms with Gasteiger partial charge in [0.05, 0.1) is 5.69 Å². The fraction of sp³-hybridized carbons (Fsp3) is 0.571. The average Bonchev–Trinajstić information content (AvgIpc) is 2.34. The van der Waals surface area contributed by atoms with Crippen LogP contribution in [0.4, 0.5) is 14.5 Å². The van der Waals surface area contributed by atoms with E-state index in [4.69, 9.17) is 0 Å². The molecule has 1 N–H and O–H groups in total. The van der Waals surface area contributed by atoms with Crippen molar-refractivity contribution in [3.8, 4) is 0 Å². The van der Waals surface area contributed by atoms with Crippen molar-refractivity contribution in [1.29, 1.82) is 0 Å². The molecule has 0 saturated carbocycles. The van der Waals surface area contributed by atoms with Crippen molar-refractivity contribution >= 4 is 5.69 Å². The fourth-order valence-electron chi connectivity index (χ4n) is 2.37. The molecule has 1 aliphatic rings. The van der Waals surface area contributed by atoms with Crippen molar-refractivity contribution in [3.63, 3.8) is 0 Å². The zero-order valence-corrected chi connectivity index (χ0v) is 11.2. The molecule has 1 atom stereocenters. The van der Waals surface area contributed by atoms with Crippen molar-refractivity contribution in [1.82, 2.24) is 5.32 Å². The first-order chi connectivity index (χ1) is 8.45. The number of halogens is 2. The normalized spacial score (nSPS) is 24.4. The van der Waals surface area contributed by atoms with E-state index in [2.05, 4.69) is 19.2 Å². The zero-order chi connectivity index (χ0) is 13.3. The fourth-order valence-corrected chi connectivity index (χ4v) is 2.37. The van der Waals surface area contributed by atoms with Gasteiger partial charge in [-0.2, -0.15) is 0 Å². The Bertz CT molecular complexity index is 448. The molecular weight excluding hydrogens is 234 g/mol. The van der Waals surface area contributed by atoms with Gasteiger partial charge in [-0.05, 0) is 31.9 Å². The summed E-state index contributed by atoms with van der Waals surface area (Å²) in [6.45, 7) is 7.98. The summed E-state index contributed by atoms with van der Waals surface area (Å²) in [6.07, 6.45) is 0.958. The van der Waals surface area contributed by atoms with Gasteiger partial charge in [-0.25, -0.2) is 8.78 Å². The highest BCUT2D eigenvalue weighted by molar-refractivity contribution is 5.50. The van der Waals surface area contributed by atoms with Crippen molar-refractivity contribution in [2.45, 2.75) is 32.7 Å². The van der Waals surface area contributed by atoms with Crippen molar-refractivity contribution in [2.75, 3.05) is 24.5 Å². The number of aryl methyl sites for hydroxylation is 1. The maximum Gasteiger partial charge on any atom is 0.146 e. The van der Waals surface area contributed by atoms with Crippen molar-refractivity contribution in [2.24, 2.45) is 0 Å². The van der Waals surface area contributed by atoms with Gasteiger partial charge < -0.3 is 10.2 Å². The molecule has 0 bridgehead atoms. The Morgan fingerprint density at radius 3 is 2.72 bits per heavy atom. The van der Waals surface area contributed by atoms with E-state index < -0.39 is 0 Å². The minimum atomic E-state index is -0.344. The lowest BCUT2D eigenvalue weighted by atomic mass is 9.95. The van der Waals surface area contributed by atoms with Crippen LogP contribution in [0.2, 0.25) is 0 Å². The van der Waals surface area contributed by atoms with Crippen molar-refractivity contribution in [3.05, 3.63) is 29.3 Å². The highest BCUT2D eigenvalue weighted by Crippen LogP contribution is 2.26. The molecule has 100 valence electrons. The van der Waals surface area contributed by atoms with Crippen LogP contribution in [-0.2, 0) is 0 Å². The molecule has 1 aromatic carbocycles. The van der Waals surface area contributed by atoms with Crippen LogP contribution in [0.15, 0.2) is 12.1 Å². The average molecular weight is 254 g/mol. The van der Waals surface area contributed by atoms with Gasteiger partial charge in [0.1, 0.15) is 11.6 Å². The third kappa shape index (κ3) is 2.48. The zero-order valence-electron chi connectivity index (χ0n) is 11.2. The van der Waals surface area contributed by atoms with E-state index in [0.717, 1.165) is 13.0 Å². The predicted molar refractivity (Wildman–Crippen MR) is 70.0 cm³/mol. The van der Waals surface area contributed by atoms with Crippen LogP contribution in [0.5, 0.6) is 0 Å². The number of nitrogens with one attached hydrogen (secondary N) is 1. The predicted octanol–water partition coefficient (Wildman–Crippen LogP) is 2.85. The van der Waals surface area contributed by atoms with Crippen molar-refractivity contribution < 1.29 is 8.78 Å². The molecule has 18 heavy (non-hydrogen) atoms. The molecule has 0 aliphatic carbocycles. The van der Waals surface area contributed by atoms with Gasteiger partial charge in [0, 0.05) is 31.2 Å². The number of anilines is 1. The Balaban J connectivity index is 2.29. The quantitative estimate of drug-likeness (QED) is 0.873. The second kappa shape index (κ2) is 4.84. The van der Waals surface area contributed by atoms with Crippen LogP contribution in [0, 0.1) is 18.6 Å². The summed E-state index contributed by atoms with van der Waals surface area (Å²) in [5.41, 5.74) is 0.690. The Hall–Kier alpha value is -1.16. The minimum Gasteiger partial charge on any atom is -0.366 e. The standard InChI is InChI=1S/C14H20F2N2/c1-4-14(3)9-18(6-5-17-14)13-8-11(15)10(2)7-12(13)16/h7-8,17H,4-6,9H2,1-3H3. The van der Waals surface area contributed by atoms with Gasteiger partial charge >= 0.3 is 0 Å². The minimum absolute atomic E-state index is 0.0357. The third-order valence-corrected chi connectivity index (χ3v) is 3.82. The van der Waals surface area contributed by atoms with E-state index >= 15 is 0 Å². The second-order valence-electron chi connectivity index (χ2n) is 5.32. The summed E-state index contributed by atoms with van der Waals surface area (Å²) in [6, 6.07) is 2.59. The number of hydrogen-bond acceptors (Lipinski definition) is 2. The molecule has 1 heterocycles. The van der Waals surface area contributed by atoms with Gasteiger partial charge in [-0.1, -0.05) is 6.92 Å². The van der Waals surface area contributed by atoms with E-state index in [1.165, 1.54) is 12.1 Å². The van der Waals surface area contributed by atoms with Crippen LogP contribution in [-0.4, -0.2) is 25.2 Å². The number of piperazine rings is 1. The Kier molecular flexibility index (Phi) is 3.57. The summed E-state index contributed by atoms with van der Waals surface area (Å²) >= 11 is 0. The lowest BCUT2D eigenvalue weighted by Gasteiger charge is -2.42. The molecule has 1 saturated heterocycles. The summed E-state index contributed by atoms with van der Waals surface area (Å²) in [4.78, 5) is 1.93. The van der Waals surface area contributed by atoms with Crippen LogP contribution in [0.1, 0.15) is 25.8 Å². The monoisotopic (exact) mass is 254 g/mol. The molecule has 1 unspecified atom stereocenters. The van der Waals surface area contributed by atoms with E-state index in [1.807, 2.05) is 4.90 Å². The SMILES string of the molecule is CCC1(C)CN(c2cc(F)c(C)cc2F)CCN1. The number of nitrogens with zero attached hydrogens (tertiary/aromatic N) is 1. The van der Waals surface area contributed by atoms with E-state index in [0.29, 0.717) is 24.3 Å². The molecule has 0 amide bonds. The third-order valence-electron chi connectivity index (χ3n) is 3.82. The molecule has 0 spiro atoms. The molecule has 4 heteroatoms.